The highest BCUT2D eigenvalue weighted by Crippen LogP contribution is 2.21. The maximum Gasteiger partial charge on any atom is 0.119 e. The van der Waals surface area contributed by atoms with E-state index < -0.39 is 0 Å². The maximum absolute atomic E-state index is 5.80. The summed E-state index contributed by atoms with van der Waals surface area (Å²) in [6.45, 7) is 7.03. The van der Waals surface area contributed by atoms with Crippen LogP contribution in [0.15, 0.2) is 30.3 Å². The van der Waals surface area contributed by atoms with E-state index in [-0.39, 0.29) is 0 Å². The van der Waals surface area contributed by atoms with E-state index in [0.29, 0.717) is 0 Å². The van der Waals surface area contributed by atoms with Gasteiger partial charge >= 0.3 is 0 Å². The van der Waals surface area contributed by atoms with Crippen molar-refractivity contribution in [3.63, 3.8) is 0 Å². The van der Waals surface area contributed by atoms with Crippen molar-refractivity contribution in [2.75, 3.05) is 26.2 Å². The molecule has 2 heteroatoms. The summed E-state index contributed by atoms with van der Waals surface area (Å²) in [4.78, 5) is 2.64. The van der Waals surface area contributed by atoms with Crippen LogP contribution >= 0.6 is 0 Å². The minimum Gasteiger partial charge on any atom is -0.494 e. The summed E-state index contributed by atoms with van der Waals surface area (Å²) < 4.78 is 5.80. The quantitative estimate of drug-likeness (QED) is 0.654. The highest BCUT2D eigenvalue weighted by atomic mass is 16.5. The standard InChI is InChI=1S/C18H29NO/c1-2-3-7-13-19-14-10-17(11-15-19)12-16-20-18-8-5-4-6-9-18/h4-6,8-9,17H,2-3,7,10-16H2,1H3. The third kappa shape index (κ3) is 5.54. The molecule has 112 valence electrons. The van der Waals surface area contributed by atoms with Crippen molar-refractivity contribution in [1.82, 2.24) is 4.90 Å². The van der Waals surface area contributed by atoms with E-state index in [9.17, 15) is 0 Å². The summed E-state index contributed by atoms with van der Waals surface area (Å²) in [6, 6.07) is 10.2. The number of hydrogen-bond acceptors (Lipinski definition) is 2. The molecule has 1 aliphatic rings. The monoisotopic (exact) mass is 275 g/mol. The first-order valence-corrected chi connectivity index (χ1v) is 8.28. The highest BCUT2D eigenvalue weighted by Gasteiger charge is 2.18. The van der Waals surface area contributed by atoms with Gasteiger partial charge in [0.25, 0.3) is 0 Å². The lowest BCUT2D eigenvalue weighted by atomic mass is 9.94. The second-order valence-electron chi connectivity index (χ2n) is 5.94. The zero-order chi connectivity index (χ0) is 14.0. The van der Waals surface area contributed by atoms with Crippen LogP contribution in [0.4, 0.5) is 0 Å². The van der Waals surface area contributed by atoms with Crippen molar-refractivity contribution in [3.8, 4) is 5.75 Å². The Morgan fingerprint density at radius 2 is 1.85 bits per heavy atom. The first kappa shape index (κ1) is 15.4. The molecule has 0 amide bonds. The molecule has 1 aliphatic heterocycles. The van der Waals surface area contributed by atoms with Crippen molar-refractivity contribution in [2.45, 2.75) is 45.4 Å². The first-order chi connectivity index (χ1) is 9.88. The average molecular weight is 275 g/mol. The Morgan fingerprint density at radius 1 is 1.10 bits per heavy atom. The Labute approximate surface area is 124 Å². The lowest BCUT2D eigenvalue weighted by molar-refractivity contribution is 0.161. The number of hydrogen-bond donors (Lipinski definition) is 0. The summed E-state index contributed by atoms with van der Waals surface area (Å²) in [5, 5.41) is 0. The largest absolute Gasteiger partial charge is 0.494 e. The Balaban J connectivity index is 1.55. The van der Waals surface area contributed by atoms with Gasteiger partial charge in [0.1, 0.15) is 5.75 Å². The van der Waals surface area contributed by atoms with Crippen LogP contribution in [0.3, 0.4) is 0 Å². The Hall–Kier alpha value is -1.02. The molecule has 0 aliphatic carbocycles. The van der Waals surface area contributed by atoms with Crippen molar-refractivity contribution in [3.05, 3.63) is 30.3 Å². The van der Waals surface area contributed by atoms with Crippen molar-refractivity contribution in [2.24, 2.45) is 5.92 Å². The lowest BCUT2D eigenvalue weighted by Gasteiger charge is -2.31. The first-order valence-electron chi connectivity index (χ1n) is 8.28. The van der Waals surface area contributed by atoms with Crippen molar-refractivity contribution in [1.29, 1.82) is 0 Å². The van der Waals surface area contributed by atoms with Gasteiger partial charge in [0.05, 0.1) is 6.61 Å². The molecule has 0 N–H and O–H groups in total. The van der Waals surface area contributed by atoms with Crippen LogP contribution in [-0.4, -0.2) is 31.1 Å². The Bertz CT molecular complexity index is 344. The number of nitrogens with zero attached hydrogens (tertiary/aromatic N) is 1. The van der Waals surface area contributed by atoms with E-state index in [1.165, 1.54) is 58.2 Å². The van der Waals surface area contributed by atoms with Gasteiger partial charge in [-0.15, -0.1) is 0 Å². The fraction of sp³-hybridized carbons (Fsp3) is 0.667. The van der Waals surface area contributed by atoms with Gasteiger partial charge in [0, 0.05) is 0 Å². The fourth-order valence-electron chi connectivity index (χ4n) is 2.94. The van der Waals surface area contributed by atoms with E-state index in [4.69, 9.17) is 4.74 Å². The zero-order valence-corrected chi connectivity index (χ0v) is 12.9. The lowest BCUT2D eigenvalue weighted by Crippen LogP contribution is -2.34. The molecule has 20 heavy (non-hydrogen) atoms. The molecule has 2 rings (SSSR count). The molecule has 1 heterocycles. The van der Waals surface area contributed by atoms with Crippen LogP contribution < -0.4 is 4.74 Å². The third-order valence-electron chi connectivity index (χ3n) is 4.32. The van der Waals surface area contributed by atoms with E-state index in [2.05, 4.69) is 11.8 Å². The molecule has 0 radical (unpaired) electrons. The minimum absolute atomic E-state index is 0.862. The molecule has 0 spiro atoms. The number of unbranched alkanes of at least 4 members (excludes halogenated alkanes) is 2. The molecular weight excluding hydrogens is 246 g/mol. The van der Waals surface area contributed by atoms with Gasteiger partial charge in [-0.05, 0) is 63.4 Å². The van der Waals surface area contributed by atoms with E-state index >= 15 is 0 Å². The van der Waals surface area contributed by atoms with Crippen molar-refractivity contribution < 1.29 is 4.74 Å². The molecule has 1 fully saturated rings. The molecule has 1 aromatic carbocycles. The number of ether oxygens (including phenoxy) is 1. The smallest absolute Gasteiger partial charge is 0.119 e. The second-order valence-corrected chi connectivity index (χ2v) is 5.94. The number of para-hydroxylation sites is 1. The number of likely N-dealkylation sites (tertiary alicyclic amines) is 1. The molecule has 0 saturated carbocycles. The normalized spacial score (nSPS) is 17.2. The number of benzene rings is 1. The van der Waals surface area contributed by atoms with Gasteiger partial charge in [0.15, 0.2) is 0 Å². The predicted octanol–water partition coefficient (Wildman–Crippen LogP) is 4.36. The van der Waals surface area contributed by atoms with Crippen LogP contribution in [0.1, 0.15) is 45.4 Å². The number of rotatable bonds is 8. The molecule has 0 atom stereocenters. The third-order valence-corrected chi connectivity index (χ3v) is 4.32. The summed E-state index contributed by atoms with van der Waals surface area (Å²) >= 11 is 0. The summed E-state index contributed by atoms with van der Waals surface area (Å²) in [5.74, 6) is 1.87. The van der Waals surface area contributed by atoms with E-state index in [1.54, 1.807) is 0 Å². The van der Waals surface area contributed by atoms with Gasteiger partial charge in [0.2, 0.25) is 0 Å². The summed E-state index contributed by atoms with van der Waals surface area (Å²) in [7, 11) is 0. The summed E-state index contributed by atoms with van der Waals surface area (Å²) in [6.07, 6.45) is 7.99. The SMILES string of the molecule is CCCCCN1CCC(CCOc2ccccc2)CC1. The van der Waals surface area contributed by atoms with Crippen LogP contribution in [0.2, 0.25) is 0 Å². The molecule has 0 aromatic heterocycles. The molecule has 2 nitrogen and oxygen atoms in total. The summed E-state index contributed by atoms with van der Waals surface area (Å²) in [5.41, 5.74) is 0. The topological polar surface area (TPSA) is 12.5 Å². The molecule has 0 bridgehead atoms. The molecule has 1 saturated heterocycles. The zero-order valence-electron chi connectivity index (χ0n) is 12.9. The van der Waals surface area contributed by atoms with Gasteiger partial charge < -0.3 is 9.64 Å². The second kappa shape index (κ2) is 9.02. The van der Waals surface area contributed by atoms with Gasteiger partial charge in [-0.2, -0.15) is 0 Å². The van der Waals surface area contributed by atoms with E-state index in [1.807, 2.05) is 30.3 Å². The van der Waals surface area contributed by atoms with Crippen LogP contribution in [-0.2, 0) is 0 Å². The fourth-order valence-corrected chi connectivity index (χ4v) is 2.94. The predicted molar refractivity (Wildman–Crippen MR) is 85.2 cm³/mol. The number of piperidine rings is 1. The molecular formula is C18H29NO. The van der Waals surface area contributed by atoms with Crippen LogP contribution in [0.25, 0.3) is 0 Å². The minimum atomic E-state index is 0.862. The van der Waals surface area contributed by atoms with E-state index in [0.717, 1.165) is 18.3 Å². The van der Waals surface area contributed by atoms with Gasteiger partial charge in [-0.3, -0.25) is 0 Å². The molecule has 0 unspecified atom stereocenters. The maximum atomic E-state index is 5.80. The highest BCUT2D eigenvalue weighted by molar-refractivity contribution is 5.20. The van der Waals surface area contributed by atoms with Crippen LogP contribution in [0.5, 0.6) is 5.75 Å². The van der Waals surface area contributed by atoms with Crippen LogP contribution in [0, 0.1) is 5.92 Å². The Kier molecular flexibility index (Phi) is 6.93. The average Bonchev–Trinajstić information content (AvgIpc) is 2.50. The Morgan fingerprint density at radius 3 is 2.55 bits per heavy atom. The van der Waals surface area contributed by atoms with Crippen molar-refractivity contribution >= 4 is 0 Å². The molecule has 1 aromatic rings. The van der Waals surface area contributed by atoms with Gasteiger partial charge in [-0.1, -0.05) is 38.0 Å². The van der Waals surface area contributed by atoms with Gasteiger partial charge in [-0.25, -0.2) is 0 Å².